The van der Waals surface area contributed by atoms with Gasteiger partial charge >= 0.3 is 0 Å². The number of likely N-dealkylation sites (tertiary alicyclic amines) is 1. The van der Waals surface area contributed by atoms with Crippen molar-refractivity contribution < 1.29 is 4.79 Å². The molecule has 0 radical (unpaired) electrons. The van der Waals surface area contributed by atoms with Crippen molar-refractivity contribution in [3.8, 4) is 0 Å². The van der Waals surface area contributed by atoms with Gasteiger partial charge in [-0.05, 0) is 32.7 Å². The highest BCUT2D eigenvalue weighted by Crippen LogP contribution is 2.26. The Kier molecular flexibility index (Phi) is 4.40. The first kappa shape index (κ1) is 12.8. The maximum atomic E-state index is 12.1. The van der Waals surface area contributed by atoms with Crippen LogP contribution in [0, 0.1) is 0 Å². The van der Waals surface area contributed by atoms with E-state index in [0.717, 1.165) is 25.9 Å². The molecule has 17 heavy (non-hydrogen) atoms. The summed E-state index contributed by atoms with van der Waals surface area (Å²) in [5, 5.41) is 0. The molecule has 0 aromatic rings. The molecule has 0 spiro atoms. The number of hydrogen-bond acceptors (Lipinski definition) is 3. The molecule has 0 aromatic carbocycles. The van der Waals surface area contributed by atoms with Crippen LogP contribution in [0.1, 0.15) is 38.5 Å². The monoisotopic (exact) mass is 239 g/mol. The summed E-state index contributed by atoms with van der Waals surface area (Å²) in [7, 11) is 2.12. The third-order valence-corrected chi connectivity index (χ3v) is 4.37. The van der Waals surface area contributed by atoms with Crippen LogP contribution in [0.5, 0.6) is 0 Å². The molecule has 2 fully saturated rings. The van der Waals surface area contributed by atoms with Gasteiger partial charge in [-0.2, -0.15) is 0 Å². The highest BCUT2D eigenvalue weighted by molar-refractivity contribution is 5.77. The highest BCUT2D eigenvalue weighted by Gasteiger charge is 2.29. The predicted molar refractivity (Wildman–Crippen MR) is 68.7 cm³/mol. The number of likely N-dealkylation sites (N-methyl/N-ethyl adjacent to an activating group) is 1. The van der Waals surface area contributed by atoms with Crippen LogP contribution in [-0.4, -0.2) is 54.5 Å². The number of nitrogens with zero attached hydrogens (tertiary/aromatic N) is 2. The topological polar surface area (TPSA) is 49.6 Å². The van der Waals surface area contributed by atoms with E-state index in [4.69, 9.17) is 5.73 Å². The van der Waals surface area contributed by atoms with Crippen molar-refractivity contribution in [3.63, 3.8) is 0 Å². The molecule has 2 aliphatic rings. The normalized spacial score (nSPS) is 22.9. The van der Waals surface area contributed by atoms with Crippen molar-refractivity contribution in [1.29, 1.82) is 0 Å². The summed E-state index contributed by atoms with van der Waals surface area (Å²) in [5.74, 6) is 0.295. The quantitative estimate of drug-likeness (QED) is 0.772. The van der Waals surface area contributed by atoms with Crippen molar-refractivity contribution in [2.24, 2.45) is 5.73 Å². The minimum absolute atomic E-state index is 0.230. The fraction of sp³-hybridized carbons (Fsp3) is 0.923. The maximum Gasteiger partial charge on any atom is 0.224 e. The number of carbonyl (C=O) groups is 1. The summed E-state index contributed by atoms with van der Waals surface area (Å²) in [4.78, 5) is 16.4. The first-order chi connectivity index (χ1) is 8.22. The molecule has 1 saturated heterocycles. The Bertz CT molecular complexity index is 259. The molecule has 1 atom stereocenters. The van der Waals surface area contributed by atoms with E-state index in [1.165, 1.54) is 19.3 Å². The lowest BCUT2D eigenvalue weighted by molar-refractivity contribution is -0.131. The van der Waals surface area contributed by atoms with E-state index in [9.17, 15) is 4.79 Å². The van der Waals surface area contributed by atoms with Crippen LogP contribution in [-0.2, 0) is 4.79 Å². The van der Waals surface area contributed by atoms with Crippen molar-refractivity contribution in [3.05, 3.63) is 0 Å². The lowest BCUT2D eigenvalue weighted by Crippen LogP contribution is -2.49. The molecular formula is C13H25N3O. The van der Waals surface area contributed by atoms with Crippen LogP contribution < -0.4 is 5.73 Å². The van der Waals surface area contributed by atoms with E-state index >= 15 is 0 Å². The molecule has 1 amide bonds. The largest absolute Gasteiger partial charge is 0.343 e. The molecule has 2 N–H and O–H groups in total. The Hall–Kier alpha value is -0.610. The van der Waals surface area contributed by atoms with E-state index in [1.54, 1.807) is 0 Å². The summed E-state index contributed by atoms with van der Waals surface area (Å²) < 4.78 is 0. The van der Waals surface area contributed by atoms with Crippen LogP contribution in [0.3, 0.4) is 0 Å². The second kappa shape index (κ2) is 5.83. The van der Waals surface area contributed by atoms with Crippen molar-refractivity contribution >= 4 is 5.91 Å². The number of hydrogen-bond donors (Lipinski definition) is 1. The Morgan fingerprint density at radius 3 is 2.47 bits per heavy atom. The van der Waals surface area contributed by atoms with Gasteiger partial charge in [0.2, 0.25) is 5.91 Å². The molecule has 1 unspecified atom stereocenters. The summed E-state index contributed by atoms with van der Waals surface area (Å²) >= 11 is 0. The summed E-state index contributed by atoms with van der Waals surface area (Å²) in [6.07, 6.45) is 6.79. The Morgan fingerprint density at radius 2 is 2.00 bits per heavy atom. The Labute approximate surface area is 104 Å². The van der Waals surface area contributed by atoms with Gasteiger partial charge in [0.15, 0.2) is 0 Å². The van der Waals surface area contributed by atoms with Crippen molar-refractivity contribution in [2.45, 2.75) is 50.6 Å². The highest BCUT2D eigenvalue weighted by atomic mass is 16.2. The van der Waals surface area contributed by atoms with Gasteiger partial charge in [0, 0.05) is 38.1 Å². The van der Waals surface area contributed by atoms with E-state index in [1.807, 2.05) is 4.90 Å². The summed E-state index contributed by atoms with van der Waals surface area (Å²) in [6, 6.07) is 0.892. The molecule has 98 valence electrons. The molecule has 1 heterocycles. The molecule has 1 saturated carbocycles. The molecule has 4 nitrogen and oxygen atoms in total. The first-order valence-corrected chi connectivity index (χ1v) is 6.92. The zero-order chi connectivity index (χ0) is 12.3. The van der Waals surface area contributed by atoms with Gasteiger partial charge in [-0.15, -0.1) is 0 Å². The predicted octanol–water partition coefficient (Wildman–Crippen LogP) is 0.811. The average molecular weight is 239 g/mol. The molecular weight excluding hydrogens is 214 g/mol. The fourth-order valence-corrected chi connectivity index (χ4v) is 2.78. The van der Waals surface area contributed by atoms with E-state index in [0.29, 0.717) is 24.9 Å². The van der Waals surface area contributed by atoms with E-state index < -0.39 is 0 Å². The number of amides is 1. The van der Waals surface area contributed by atoms with Crippen molar-refractivity contribution in [2.75, 3.05) is 26.7 Å². The fourth-order valence-electron chi connectivity index (χ4n) is 2.78. The Morgan fingerprint density at radius 1 is 1.35 bits per heavy atom. The summed E-state index contributed by atoms with van der Waals surface area (Å²) in [6.45, 7) is 2.49. The molecule has 2 rings (SSSR count). The SMILES string of the molecule is CN(C1CCC1)C(CN)CC(=O)N1CCCC1. The average Bonchev–Trinajstić information content (AvgIpc) is 2.76. The van der Waals surface area contributed by atoms with Gasteiger partial charge in [0.25, 0.3) is 0 Å². The maximum absolute atomic E-state index is 12.1. The van der Waals surface area contributed by atoms with Gasteiger partial charge in [0.1, 0.15) is 0 Å². The minimum atomic E-state index is 0.230. The van der Waals surface area contributed by atoms with Gasteiger partial charge in [-0.1, -0.05) is 6.42 Å². The van der Waals surface area contributed by atoms with Gasteiger partial charge in [-0.25, -0.2) is 0 Å². The molecule has 0 bridgehead atoms. The van der Waals surface area contributed by atoms with Crippen molar-refractivity contribution in [1.82, 2.24) is 9.80 Å². The standard InChI is InChI=1S/C13H25N3O/c1-15(11-5-4-6-11)12(10-14)9-13(17)16-7-2-3-8-16/h11-12H,2-10,14H2,1H3. The number of carbonyl (C=O) groups excluding carboxylic acids is 1. The zero-order valence-corrected chi connectivity index (χ0v) is 10.9. The van der Waals surface area contributed by atoms with Crippen LogP contribution in [0.25, 0.3) is 0 Å². The Balaban J connectivity index is 1.82. The first-order valence-electron chi connectivity index (χ1n) is 6.92. The van der Waals surface area contributed by atoms with Gasteiger partial charge in [0.05, 0.1) is 0 Å². The van der Waals surface area contributed by atoms with E-state index in [-0.39, 0.29) is 6.04 Å². The molecule has 1 aliphatic carbocycles. The second-order valence-corrected chi connectivity index (χ2v) is 5.43. The number of rotatable bonds is 5. The third-order valence-electron chi connectivity index (χ3n) is 4.37. The molecule has 1 aliphatic heterocycles. The van der Waals surface area contributed by atoms with Crippen LogP contribution in [0.15, 0.2) is 0 Å². The van der Waals surface area contributed by atoms with Gasteiger partial charge in [-0.3, -0.25) is 9.69 Å². The molecule has 4 heteroatoms. The lowest BCUT2D eigenvalue weighted by atomic mass is 9.90. The molecule has 0 aromatic heterocycles. The van der Waals surface area contributed by atoms with Crippen LogP contribution in [0.2, 0.25) is 0 Å². The van der Waals surface area contributed by atoms with E-state index in [2.05, 4.69) is 11.9 Å². The van der Waals surface area contributed by atoms with Crippen LogP contribution in [0.4, 0.5) is 0 Å². The lowest BCUT2D eigenvalue weighted by Gasteiger charge is -2.39. The third kappa shape index (κ3) is 2.99. The minimum Gasteiger partial charge on any atom is -0.343 e. The van der Waals surface area contributed by atoms with Gasteiger partial charge < -0.3 is 10.6 Å². The second-order valence-electron chi connectivity index (χ2n) is 5.43. The number of nitrogens with two attached hydrogens (primary N) is 1. The smallest absolute Gasteiger partial charge is 0.224 e. The summed E-state index contributed by atoms with van der Waals surface area (Å²) in [5.41, 5.74) is 5.82. The van der Waals surface area contributed by atoms with Crippen LogP contribution >= 0.6 is 0 Å². The zero-order valence-electron chi connectivity index (χ0n) is 10.9.